The van der Waals surface area contributed by atoms with E-state index in [0.717, 1.165) is 25.2 Å². The van der Waals surface area contributed by atoms with Crippen LogP contribution in [0.15, 0.2) is 35.9 Å². The zero-order valence-electron chi connectivity index (χ0n) is 23.1. The van der Waals surface area contributed by atoms with E-state index in [0.29, 0.717) is 60.3 Å². The van der Waals surface area contributed by atoms with Crippen molar-refractivity contribution in [1.29, 1.82) is 0 Å². The molecule has 1 amide bonds. The van der Waals surface area contributed by atoms with Crippen LogP contribution in [0.2, 0.25) is 0 Å². The monoisotopic (exact) mass is 540 g/mol. The highest BCUT2D eigenvalue weighted by molar-refractivity contribution is 6.46. The van der Waals surface area contributed by atoms with E-state index in [4.69, 9.17) is 23.7 Å². The lowest BCUT2D eigenvalue weighted by molar-refractivity contribution is -0.140. The third-order valence-corrected chi connectivity index (χ3v) is 7.19. The van der Waals surface area contributed by atoms with Crippen molar-refractivity contribution in [2.75, 3.05) is 67.8 Å². The molecule has 0 saturated carbocycles. The van der Waals surface area contributed by atoms with Crippen molar-refractivity contribution in [2.24, 2.45) is 0 Å². The molecule has 0 unspecified atom stereocenters. The van der Waals surface area contributed by atoms with Gasteiger partial charge in [-0.1, -0.05) is 0 Å². The molecule has 0 aromatic heterocycles. The number of ether oxygens (including phenoxy) is 5. The third-order valence-electron chi connectivity index (χ3n) is 7.19. The molecule has 2 saturated heterocycles. The Kier molecular flexibility index (Phi) is 8.98. The van der Waals surface area contributed by atoms with Crippen molar-refractivity contribution in [3.05, 3.63) is 52.6 Å². The Bertz CT molecular complexity index is 1230. The molecule has 0 bridgehead atoms. The fraction of sp³-hybridized carbons (Fsp3) is 0.448. The summed E-state index contributed by atoms with van der Waals surface area (Å²) in [5, 5.41) is 11.5. The minimum Gasteiger partial charge on any atom is -0.507 e. The number of Topliss-reactive ketones (excluding diaryl/α,β-unsaturated/α-hetero) is 1. The molecule has 2 aliphatic heterocycles. The Morgan fingerprint density at radius 1 is 0.923 bits per heavy atom. The summed E-state index contributed by atoms with van der Waals surface area (Å²) in [6.07, 6.45) is 0.648. The third kappa shape index (κ3) is 5.67. The molecular formula is C29H36N2O8. The van der Waals surface area contributed by atoms with Crippen LogP contribution in [0.4, 0.5) is 0 Å². The van der Waals surface area contributed by atoms with Gasteiger partial charge in [-0.2, -0.15) is 0 Å². The Morgan fingerprint density at radius 2 is 1.56 bits per heavy atom. The maximum absolute atomic E-state index is 13.5. The normalized spacial score (nSPS) is 19.3. The molecule has 2 aromatic rings. The first kappa shape index (κ1) is 28.3. The lowest BCUT2D eigenvalue weighted by Gasteiger charge is -2.29. The van der Waals surface area contributed by atoms with Crippen molar-refractivity contribution in [3.63, 3.8) is 0 Å². The second-order valence-corrected chi connectivity index (χ2v) is 9.44. The summed E-state index contributed by atoms with van der Waals surface area (Å²) in [7, 11) is 6.07. The number of amides is 1. The highest BCUT2D eigenvalue weighted by atomic mass is 16.5. The summed E-state index contributed by atoms with van der Waals surface area (Å²) in [5.74, 6) is 0.134. The molecule has 10 nitrogen and oxygen atoms in total. The van der Waals surface area contributed by atoms with Crippen LogP contribution in [0.5, 0.6) is 23.0 Å². The number of rotatable bonds is 10. The molecule has 4 rings (SSSR count). The summed E-state index contributed by atoms with van der Waals surface area (Å²) >= 11 is 0. The molecule has 2 fully saturated rings. The highest BCUT2D eigenvalue weighted by Crippen LogP contribution is 2.46. The molecule has 0 spiro atoms. The maximum atomic E-state index is 13.5. The molecular weight excluding hydrogens is 504 g/mol. The van der Waals surface area contributed by atoms with E-state index in [1.807, 2.05) is 6.92 Å². The Morgan fingerprint density at radius 3 is 2.13 bits per heavy atom. The number of likely N-dealkylation sites (tertiary alicyclic amines) is 1. The second-order valence-electron chi connectivity index (χ2n) is 9.44. The van der Waals surface area contributed by atoms with Gasteiger partial charge in [0.15, 0.2) is 11.5 Å². The van der Waals surface area contributed by atoms with Gasteiger partial charge in [0.25, 0.3) is 11.7 Å². The molecule has 0 aliphatic carbocycles. The lowest BCUT2D eigenvalue weighted by Crippen LogP contribution is -2.39. The van der Waals surface area contributed by atoms with Crippen molar-refractivity contribution in [3.8, 4) is 23.0 Å². The predicted octanol–water partition coefficient (Wildman–Crippen LogP) is 3.17. The van der Waals surface area contributed by atoms with E-state index in [1.54, 1.807) is 37.4 Å². The Balaban J connectivity index is 1.80. The van der Waals surface area contributed by atoms with Crippen molar-refractivity contribution >= 4 is 17.4 Å². The van der Waals surface area contributed by atoms with E-state index < -0.39 is 17.7 Å². The zero-order chi connectivity index (χ0) is 28.1. The number of morpholine rings is 1. The summed E-state index contributed by atoms with van der Waals surface area (Å²) in [6.45, 7) is 5.93. The minimum atomic E-state index is -0.856. The van der Waals surface area contributed by atoms with Gasteiger partial charge in [-0.25, -0.2) is 0 Å². The topological polar surface area (TPSA) is 107 Å². The standard InChI is InChI=1S/C29H36N2O8/c1-18-15-19(7-8-21(18)35-2)26(32)24-25(20-16-22(36-3)28(38-5)23(17-20)37-4)31(29(34)27(24)33)10-6-9-30-11-13-39-14-12-30/h7-8,15-17,25,32H,6,9-14H2,1-5H3/t25-/m1/s1. The molecule has 2 aromatic carbocycles. The van der Waals surface area contributed by atoms with E-state index in [-0.39, 0.29) is 11.3 Å². The van der Waals surface area contributed by atoms with E-state index in [2.05, 4.69) is 4.90 Å². The average molecular weight is 541 g/mol. The van der Waals surface area contributed by atoms with Crippen LogP contribution in [0.25, 0.3) is 5.76 Å². The van der Waals surface area contributed by atoms with Crippen LogP contribution in [0, 0.1) is 6.92 Å². The quantitative estimate of drug-likeness (QED) is 0.276. The fourth-order valence-electron chi connectivity index (χ4n) is 5.19. The fourth-order valence-corrected chi connectivity index (χ4v) is 5.19. The zero-order valence-corrected chi connectivity index (χ0v) is 23.1. The number of hydrogen-bond donors (Lipinski definition) is 1. The summed E-state index contributed by atoms with van der Waals surface area (Å²) in [4.78, 5) is 30.7. The lowest BCUT2D eigenvalue weighted by atomic mass is 9.94. The van der Waals surface area contributed by atoms with Gasteiger partial charge in [0.05, 0.1) is 53.3 Å². The van der Waals surface area contributed by atoms with E-state index in [9.17, 15) is 14.7 Å². The second kappa shape index (κ2) is 12.4. The van der Waals surface area contributed by atoms with E-state index in [1.165, 1.54) is 26.2 Å². The van der Waals surface area contributed by atoms with Crippen LogP contribution in [-0.2, 0) is 14.3 Å². The largest absolute Gasteiger partial charge is 0.507 e. The van der Waals surface area contributed by atoms with Gasteiger partial charge < -0.3 is 33.7 Å². The van der Waals surface area contributed by atoms with Crippen molar-refractivity contribution in [1.82, 2.24) is 9.80 Å². The minimum absolute atomic E-state index is 0.00483. The van der Waals surface area contributed by atoms with Gasteiger partial charge >= 0.3 is 0 Å². The van der Waals surface area contributed by atoms with Crippen LogP contribution in [-0.4, -0.2) is 94.4 Å². The van der Waals surface area contributed by atoms with Gasteiger partial charge in [0, 0.05) is 31.7 Å². The van der Waals surface area contributed by atoms with Crippen LogP contribution in [0.1, 0.15) is 29.2 Å². The first-order valence-electron chi connectivity index (χ1n) is 12.9. The molecule has 0 radical (unpaired) electrons. The number of methoxy groups -OCH3 is 4. The van der Waals surface area contributed by atoms with Gasteiger partial charge in [0.1, 0.15) is 11.5 Å². The Hall–Kier alpha value is -3.76. The molecule has 1 N–H and O–H groups in total. The van der Waals surface area contributed by atoms with Gasteiger partial charge in [0.2, 0.25) is 5.75 Å². The molecule has 2 heterocycles. The summed E-state index contributed by atoms with van der Waals surface area (Å²) in [5.41, 5.74) is 1.76. The predicted molar refractivity (Wildman–Crippen MR) is 145 cm³/mol. The number of aliphatic hydroxyl groups is 1. The van der Waals surface area contributed by atoms with Crippen LogP contribution < -0.4 is 18.9 Å². The number of hydrogen-bond acceptors (Lipinski definition) is 9. The first-order chi connectivity index (χ1) is 18.8. The maximum Gasteiger partial charge on any atom is 0.295 e. The highest BCUT2D eigenvalue weighted by Gasteiger charge is 2.46. The molecule has 39 heavy (non-hydrogen) atoms. The average Bonchev–Trinajstić information content (AvgIpc) is 3.21. The van der Waals surface area contributed by atoms with Gasteiger partial charge in [-0.05, 0) is 54.8 Å². The molecule has 1 atom stereocenters. The molecule has 210 valence electrons. The van der Waals surface area contributed by atoms with Crippen molar-refractivity contribution in [2.45, 2.75) is 19.4 Å². The van der Waals surface area contributed by atoms with Crippen LogP contribution >= 0.6 is 0 Å². The summed E-state index contributed by atoms with van der Waals surface area (Å²) in [6, 6.07) is 7.67. The molecule has 2 aliphatic rings. The smallest absolute Gasteiger partial charge is 0.295 e. The van der Waals surface area contributed by atoms with Gasteiger partial charge in [-0.15, -0.1) is 0 Å². The number of benzene rings is 2. The van der Waals surface area contributed by atoms with Gasteiger partial charge in [-0.3, -0.25) is 14.5 Å². The number of carbonyl (C=O) groups is 2. The number of carbonyl (C=O) groups excluding carboxylic acids is 2. The van der Waals surface area contributed by atoms with Crippen LogP contribution in [0.3, 0.4) is 0 Å². The number of nitrogens with zero attached hydrogens (tertiary/aromatic N) is 2. The number of aliphatic hydroxyl groups excluding tert-OH is 1. The molecule has 10 heteroatoms. The SMILES string of the molecule is COc1ccc(C(O)=C2C(=O)C(=O)N(CCCN3CCOCC3)[C@@H]2c2cc(OC)c(OC)c(OC)c2)cc1C. The first-order valence-corrected chi connectivity index (χ1v) is 12.9. The number of aryl methyl sites for hydroxylation is 1. The Labute approximate surface area is 228 Å². The van der Waals surface area contributed by atoms with E-state index >= 15 is 0 Å². The van der Waals surface area contributed by atoms with Crippen molar-refractivity contribution < 1.29 is 38.4 Å². The number of ketones is 1. The summed E-state index contributed by atoms with van der Waals surface area (Å²) < 4.78 is 27.3.